The molecule has 3 nitrogen and oxygen atoms in total. The minimum absolute atomic E-state index is 0.0764. The van der Waals surface area contributed by atoms with Crippen LogP contribution in [0.4, 0.5) is 13.2 Å². The van der Waals surface area contributed by atoms with Gasteiger partial charge in [-0.3, -0.25) is 0 Å². The Bertz CT molecular complexity index is 1020. The minimum atomic E-state index is -4.80. The number of hydrogen-bond acceptors (Lipinski definition) is 3. The van der Waals surface area contributed by atoms with Crippen molar-refractivity contribution in [3.05, 3.63) is 107 Å². The topological polar surface area (TPSA) is 27.7 Å². The summed E-state index contributed by atoms with van der Waals surface area (Å²) in [5.41, 5.74) is 1.12. The molecule has 3 aromatic rings. The van der Waals surface area contributed by atoms with E-state index >= 15 is 0 Å². The smallest absolute Gasteiger partial charge is 0.460 e. The molecule has 0 N–H and O–H groups in total. The van der Waals surface area contributed by atoms with Gasteiger partial charge in [0, 0.05) is 5.56 Å². The van der Waals surface area contributed by atoms with E-state index < -0.39 is 18.1 Å². The lowest BCUT2D eigenvalue weighted by molar-refractivity contribution is -0.354. The summed E-state index contributed by atoms with van der Waals surface area (Å²) in [5, 5.41) is 0. The first-order valence-electron chi connectivity index (χ1n) is 9.32. The summed E-state index contributed by atoms with van der Waals surface area (Å²) in [4.78, 5) is 0. The maximum atomic E-state index is 14.3. The number of alkyl halides is 3. The van der Waals surface area contributed by atoms with Crippen molar-refractivity contribution < 1.29 is 27.4 Å². The molecule has 0 amide bonds. The SMILES string of the molecule is COc1ccc(C2OC(c3ccccc3)(C(F)(F)F)O/C2=C\c2ccccc2)cc1. The Balaban J connectivity index is 1.84. The number of ether oxygens (including phenoxy) is 3. The molecule has 1 aliphatic rings. The van der Waals surface area contributed by atoms with Crippen molar-refractivity contribution in [2.45, 2.75) is 18.1 Å². The molecule has 1 heterocycles. The highest BCUT2D eigenvalue weighted by atomic mass is 19.4. The fraction of sp³-hybridized carbons (Fsp3) is 0.167. The third-order valence-electron chi connectivity index (χ3n) is 4.86. The van der Waals surface area contributed by atoms with Gasteiger partial charge in [0.15, 0.2) is 0 Å². The quantitative estimate of drug-likeness (QED) is 0.508. The summed E-state index contributed by atoms with van der Waals surface area (Å²) in [6.45, 7) is 0. The van der Waals surface area contributed by atoms with Gasteiger partial charge >= 0.3 is 12.0 Å². The van der Waals surface area contributed by atoms with Gasteiger partial charge in [-0.25, -0.2) is 0 Å². The monoisotopic (exact) mass is 412 g/mol. The molecular weight excluding hydrogens is 393 g/mol. The van der Waals surface area contributed by atoms with E-state index in [4.69, 9.17) is 14.2 Å². The van der Waals surface area contributed by atoms with Gasteiger partial charge in [0.2, 0.25) is 0 Å². The summed E-state index contributed by atoms with van der Waals surface area (Å²) < 4.78 is 59.4. The number of rotatable bonds is 4. The summed E-state index contributed by atoms with van der Waals surface area (Å²) in [6, 6.07) is 23.1. The van der Waals surface area contributed by atoms with Gasteiger partial charge in [-0.15, -0.1) is 0 Å². The van der Waals surface area contributed by atoms with Crippen LogP contribution in [-0.4, -0.2) is 13.3 Å². The predicted molar refractivity (Wildman–Crippen MR) is 106 cm³/mol. The van der Waals surface area contributed by atoms with Crippen LogP contribution in [-0.2, 0) is 15.3 Å². The summed E-state index contributed by atoms with van der Waals surface area (Å²) in [5.74, 6) is -2.23. The average Bonchev–Trinajstić information content (AvgIpc) is 3.16. The van der Waals surface area contributed by atoms with E-state index in [9.17, 15) is 13.2 Å². The molecule has 0 aliphatic carbocycles. The first kappa shape index (κ1) is 20.0. The first-order valence-corrected chi connectivity index (χ1v) is 9.32. The number of hydrogen-bond donors (Lipinski definition) is 0. The molecule has 4 rings (SSSR count). The van der Waals surface area contributed by atoms with Crippen molar-refractivity contribution in [2.24, 2.45) is 0 Å². The summed E-state index contributed by atoms with van der Waals surface area (Å²) in [6.07, 6.45) is -4.27. The van der Waals surface area contributed by atoms with E-state index in [0.717, 1.165) is 0 Å². The van der Waals surface area contributed by atoms with Crippen LogP contribution in [0.5, 0.6) is 5.75 Å². The average molecular weight is 412 g/mol. The number of benzene rings is 3. The number of methoxy groups -OCH3 is 1. The third kappa shape index (κ3) is 3.66. The largest absolute Gasteiger partial charge is 0.497 e. The third-order valence-corrected chi connectivity index (χ3v) is 4.86. The van der Waals surface area contributed by atoms with Crippen LogP contribution in [0, 0.1) is 0 Å². The zero-order chi connectivity index (χ0) is 21.2. The van der Waals surface area contributed by atoms with Gasteiger partial charge in [-0.1, -0.05) is 72.8 Å². The highest BCUT2D eigenvalue weighted by Gasteiger charge is 2.65. The molecule has 0 aromatic heterocycles. The van der Waals surface area contributed by atoms with Crippen molar-refractivity contribution in [3.63, 3.8) is 0 Å². The Morgan fingerprint density at radius 1 is 0.867 bits per heavy atom. The van der Waals surface area contributed by atoms with Crippen LogP contribution in [0.3, 0.4) is 0 Å². The molecule has 1 aliphatic heterocycles. The molecule has 2 unspecified atom stereocenters. The maximum Gasteiger partial charge on any atom is 0.460 e. The lowest BCUT2D eigenvalue weighted by Crippen LogP contribution is -2.43. The molecule has 30 heavy (non-hydrogen) atoms. The number of halogens is 3. The summed E-state index contributed by atoms with van der Waals surface area (Å²) in [7, 11) is 1.52. The summed E-state index contributed by atoms with van der Waals surface area (Å²) >= 11 is 0. The second-order valence-electron chi connectivity index (χ2n) is 6.81. The normalized spacial score (nSPS) is 22.7. The van der Waals surface area contributed by atoms with E-state index in [1.165, 1.54) is 31.4 Å². The fourth-order valence-corrected chi connectivity index (χ4v) is 3.37. The standard InChI is InChI=1S/C24H19F3O3/c1-28-20-14-12-18(13-15-20)22-21(16-17-8-4-2-5-9-17)29-23(30-22,24(25,26)27)19-10-6-3-7-11-19/h2-16,22H,1H3/b21-16-. The Hall–Kier alpha value is -3.25. The Kier molecular flexibility index (Phi) is 5.26. The van der Waals surface area contributed by atoms with Crippen molar-refractivity contribution in [1.29, 1.82) is 0 Å². The highest BCUT2D eigenvalue weighted by Crippen LogP contribution is 2.55. The molecule has 0 spiro atoms. The molecule has 0 bridgehead atoms. The molecular formula is C24H19F3O3. The van der Waals surface area contributed by atoms with E-state index in [1.807, 2.05) is 6.07 Å². The second-order valence-corrected chi connectivity index (χ2v) is 6.81. The van der Waals surface area contributed by atoms with Gasteiger partial charge in [-0.2, -0.15) is 13.2 Å². The zero-order valence-electron chi connectivity index (χ0n) is 16.1. The van der Waals surface area contributed by atoms with Crippen molar-refractivity contribution >= 4 is 6.08 Å². The van der Waals surface area contributed by atoms with Gasteiger partial charge < -0.3 is 14.2 Å². The fourth-order valence-electron chi connectivity index (χ4n) is 3.37. The highest BCUT2D eigenvalue weighted by molar-refractivity contribution is 5.54. The van der Waals surface area contributed by atoms with E-state index in [-0.39, 0.29) is 11.3 Å². The molecule has 0 saturated carbocycles. The van der Waals surface area contributed by atoms with Crippen LogP contribution in [0.2, 0.25) is 0 Å². The molecule has 1 fully saturated rings. The van der Waals surface area contributed by atoms with Crippen molar-refractivity contribution in [3.8, 4) is 5.75 Å². The first-order chi connectivity index (χ1) is 14.4. The van der Waals surface area contributed by atoms with Crippen molar-refractivity contribution in [1.82, 2.24) is 0 Å². The lowest BCUT2D eigenvalue weighted by atomic mass is 10.0. The molecule has 3 aromatic carbocycles. The van der Waals surface area contributed by atoms with E-state index in [1.54, 1.807) is 60.7 Å². The molecule has 6 heteroatoms. The van der Waals surface area contributed by atoms with Crippen LogP contribution in [0.25, 0.3) is 6.08 Å². The van der Waals surface area contributed by atoms with Gasteiger partial charge in [0.25, 0.3) is 0 Å². The Labute approximate surface area is 172 Å². The van der Waals surface area contributed by atoms with Gasteiger partial charge in [0.05, 0.1) is 7.11 Å². The molecule has 154 valence electrons. The van der Waals surface area contributed by atoms with E-state index in [0.29, 0.717) is 16.9 Å². The minimum Gasteiger partial charge on any atom is -0.497 e. The van der Waals surface area contributed by atoms with Crippen LogP contribution in [0.1, 0.15) is 22.8 Å². The van der Waals surface area contributed by atoms with Gasteiger partial charge in [0.1, 0.15) is 17.6 Å². The van der Waals surface area contributed by atoms with Crippen molar-refractivity contribution in [2.75, 3.05) is 7.11 Å². The lowest BCUT2D eigenvalue weighted by Gasteiger charge is -2.30. The molecule has 0 radical (unpaired) electrons. The molecule has 2 atom stereocenters. The Morgan fingerprint density at radius 2 is 1.47 bits per heavy atom. The van der Waals surface area contributed by atoms with Crippen LogP contribution >= 0.6 is 0 Å². The second kappa shape index (κ2) is 7.88. The van der Waals surface area contributed by atoms with E-state index in [2.05, 4.69) is 0 Å². The van der Waals surface area contributed by atoms with Gasteiger partial charge in [-0.05, 0) is 29.3 Å². The Morgan fingerprint density at radius 3 is 2.03 bits per heavy atom. The van der Waals surface area contributed by atoms with Crippen LogP contribution in [0.15, 0.2) is 90.7 Å². The molecule has 1 saturated heterocycles. The van der Waals surface area contributed by atoms with Crippen LogP contribution < -0.4 is 4.74 Å². The predicted octanol–water partition coefficient (Wildman–Crippen LogP) is 6.24. The zero-order valence-corrected chi connectivity index (χ0v) is 16.1. The maximum absolute atomic E-state index is 14.3.